The zero-order chi connectivity index (χ0) is 19.2. The minimum absolute atomic E-state index is 0.0426. The number of thioether (sulfide) groups is 1. The van der Waals surface area contributed by atoms with Crippen LogP contribution in [0.4, 0.5) is 0 Å². The van der Waals surface area contributed by atoms with E-state index in [0.717, 1.165) is 33.8 Å². The predicted molar refractivity (Wildman–Crippen MR) is 117 cm³/mol. The Morgan fingerprint density at radius 2 is 1.75 bits per heavy atom. The average molecular weight is 391 g/mol. The summed E-state index contributed by atoms with van der Waals surface area (Å²) in [6, 6.07) is 20.3. The summed E-state index contributed by atoms with van der Waals surface area (Å²) in [5, 5.41) is 5.29. The van der Waals surface area contributed by atoms with E-state index in [1.165, 1.54) is 37.7 Å². The highest BCUT2D eigenvalue weighted by Gasteiger charge is 2.14. The van der Waals surface area contributed by atoms with E-state index in [1.807, 2.05) is 42.5 Å². The molecule has 3 nitrogen and oxygen atoms in total. The Kier molecular flexibility index (Phi) is 6.27. The standard InChI is InChI=1S/C24H26N2OS/c27-24(25-16-18-6-2-1-3-7-18)21-12-10-19(11-13-21)17-28-23-15-14-20-8-4-5-9-22(20)26-23/h4-5,8-15,18H,1-3,6-7,16-17H2,(H,25,27). The highest BCUT2D eigenvalue weighted by Crippen LogP contribution is 2.24. The van der Waals surface area contributed by atoms with E-state index in [0.29, 0.717) is 5.92 Å². The lowest BCUT2D eigenvalue weighted by molar-refractivity contribution is 0.0943. The SMILES string of the molecule is O=C(NCC1CCCCC1)c1ccc(CSc2ccc3ccccc3n2)cc1. The van der Waals surface area contributed by atoms with Crippen LogP contribution < -0.4 is 5.32 Å². The summed E-state index contributed by atoms with van der Waals surface area (Å²) in [6.45, 7) is 0.810. The third-order valence-corrected chi connectivity index (χ3v) is 6.45. The van der Waals surface area contributed by atoms with Gasteiger partial charge in [0.1, 0.15) is 0 Å². The molecule has 1 heterocycles. The Morgan fingerprint density at radius 3 is 2.57 bits per heavy atom. The fourth-order valence-electron chi connectivity index (χ4n) is 3.77. The fraction of sp³-hybridized carbons (Fsp3) is 0.333. The highest BCUT2D eigenvalue weighted by molar-refractivity contribution is 7.98. The van der Waals surface area contributed by atoms with E-state index in [2.05, 4.69) is 23.5 Å². The van der Waals surface area contributed by atoms with Crippen molar-refractivity contribution in [1.82, 2.24) is 10.3 Å². The number of rotatable bonds is 6. The van der Waals surface area contributed by atoms with Crippen LogP contribution in [0.5, 0.6) is 0 Å². The van der Waals surface area contributed by atoms with Crippen molar-refractivity contribution < 1.29 is 4.79 Å². The number of amides is 1. The molecule has 2 aromatic carbocycles. The van der Waals surface area contributed by atoms with Crippen LogP contribution in [0, 0.1) is 5.92 Å². The number of aromatic nitrogens is 1. The molecule has 0 radical (unpaired) electrons. The quantitative estimate of drug-likeness (QED) is 0.538. The summed E-state index contributed by atoms with van der Waals surface area (Å²) < 4.78 is 0. The largest absolute Gasteiger partial charge is 0.352 e. The third-order valence-electron chi connectivity index (χ3n) is 5.45. The second-order valence-corrected chi connectivity index (χ2v) is 8.54. The van der Waals surface area contributed by atoms with E-state index in [9.17, 15) is 4.79 Å². The summed E-state index contributed by atoms with van der Waals surface area (Å²) in [5.74, 6) is 1.54. The Bertz CT molecular complexity index is 933. The molecule has 1 aromatic heterocycles. The van der Waals surface area contributed by atoms with Gasteiger partial charge in [0, 0.05) is 23.2 Å². The topological polar surface area (TPSA) is 42.0 Å². The van der Waals surface area contributed by atoms with Crippen molar-refractivity contribution >= 4 is 28.6 Å². The lowest BCUT2D eigenvalue weighted by atomic mass is 9.89. The van der Waals surface area contributed by atoms with Crippen molar-refractivity contribution in [3.05, 3.63) is 71.8 Å². The molecule has 1 amide bonds. The number of benzene rings is 2. The molecule has 1 aliphatic rings. The molecule has 28 heavy (non-hydrogen) atoms. The maximum atomic E-state index is 12.4. The van der Waals surface area contributed by atoms with Crippen LogP contribution in [-0.4, -0.2) is 17.4 Å². The summed E-state index contributed by atoms with van der Waals surface area (Å²) in [6.07, 6.45) is 6.45. The third kappa shape index (κ3) is 4.93. The Morgan fingerprint density at radius 1 is 0.964 bits per heavy atom. The number of pyridine rings is 1. The molecule has 0 spiro atoms. The number of fused-ring (bicyclic) bond motifs is 1. The molecule has 144 valence electrons. The van der Waals surface area contributed by atoms with Gasteiger partial charge in [0.25, 0.3) is 5.91 Å². The first-order valence-corrected chi connectivity index (χ1v) is 11.1. The van der Waals surface area contributed by atoms with E-state index >= 15 is 0 Å². The molecule has 0 bridgehead atoms. The van der Waals surface area contributed by atoms with Crippen molar-refractivity contribution in [2.45, 2.75) is 42.9 Å². The molecule has 3 aromatic rings. The number of nitrogens with one attached hydrogen (secondary N) is 1. The van der Waals surface area contributed by atoms with Crippen molar-refractivity contribution in [3.63, 3.8) is 0 Å². The van der Waals surface area contributed by atoms with Crippen LogP contribution in [0.15, 0.2) is 65.7 Å². The molecule has 4 rings (SSSR count). The van der Waals surface area contributed by atoms with E-state index in [-0.39, 0.29) is 5.91 Å². The van der Waals surface area contributed by atoms with E-state index < -0.39 is 0 Å². The highest BCUT2D eigenvalue weighted by atomic mass is 32.2. The molecule has 1 aliphatic carbocycles. The van der Waals surface area contributed by atoms with Gasteiger partial charge < -0.3 is 5.32 Å². The van der Waals surface area contributed by atoms with Crippen LogP contribution in [0.25, 0.3) is 10.9 Å². The van der Waals surface area contributed by atoms with Crippen LogP contribution in [0.1, 0.15) is 48.0 Å². The van der Waals surface area contributed by atoms with Gasteiger partial charge >= 0.3 is 0 Å². The average Bonchev–Trinajstić information content (AvgIpc) is 2.77. The molecular weight excluding hydrogens is 364 g/mol. The van der Waals surface area contributed by atoms with Gasteiger partial charge in [0.15, 0.2) is 0 Å². The minimum atomic E-state index is 0.0426. The number of hydrogen-bond donors (Lipinski definition) is 1. The van der Waals surface area contributed by atoms with Gasteiger partial charge in [-0.3, -0.25) is 4.79 Å². The van der Waals surface area contributed by atoms with Crippen molar-refractivity contribution in [2.24, 2.45) is 5.92 Å². The molecule has 0 aliphatic heterocycles. The number of para-hydroxylation sites is 1. The van der Waals surface area contributed by atoms with Gasteiger partial charge in [0.05, 0.1) is 10.5 Å². The zero-order valence-electron chi connectivity index (χ0n) is 16.1. The molecule has 1 fully saturated rings. The first kappa shape index (κ1) is 19.0. The zero-order valence-corrected chi connectivity index (χ0v) is 16.9. The smallest absolute Gasteiger partial charge is 0.251 e. The monoisotopic (exact) mass is 390 g/mol. The number of carbonyl (C=O) groups is 1. The summed E-state index contributed by atoms with van der Waals surface area (Å²) in [5.41, 5.74) is 2.97. The first-order chi connectivity index (χ1) is 13.8. The van der Waals surface area contributed by atoms with Gasteiger partial charge in [0.2, 0.25) is 0 Å². The van der Waals surface area contributed by atoms with Crippen LogP contribution in [0.2, 0.25) is 0 Å². The predicted octanol–water partition coefficient (Wildman–Crippen LogP) is 5.84. The summed E-state index contributed by atoms with van der Waals surface area (Å²) in [7, 11) is 0. The molecule has 0 saturated heterocycles. The number of nitrogens with zero attached hydrogens (tertiary/aromatic N) is 1. The molecule has 4 heteroatoms. The lowest BCUT2D eigenvalue weighted by Gasteiger charge is -2.21. The van der Waals surface area contributed by atoms with Gasteiger partial charge in [-0.1, -0.05) is 55.7 Å². The Hall–Kier alpha value is -2.33. The van der Waals surface area contributed by atoms with Crippen LogP contribution in [0.3, 0.4) is 0 Å². The second kappa shape index (κ2) is 9.24. The molecule has 0 unspecified atom stereocenters. The maximum absolute atomic E-state index is 12.4. The number of hydrogen-bond acceptors (Lipinski definition) is 3. The van der Waals surface area contributed by atoms with Crippen molar-refractivity contribution in [2.75, 3.05) is 6.54 Å². The summed E-state index contributed by atoms with van der Waals surface area (Å²) >= 11 is 1.72. The Balaban J connectivity index is 1.30. The van der Waals surface area contributed by atoms with E-state index in [1.54, 1.807) is 11.8 Å². The molecular formula is C24H26N2OS. The Labute approximate surface area is 171 Å². The van der Waals surface area contributed by atoms with Crippen LogP contribution >= 0.6 is 11.8 Å². The van der Waals surface area contributed by atoms with Crippen molar-refractivity contribution in [3.8, 4) is 0 Å². The van der Waals surface area contributed by atoms with Crippen molar-refractivity contribution in [1.29, 1.82) is 0 Å². The first-order valence-electron chi connectivity index (χ1n) is 10.1. The van der Waals surface area contributed by atoms with Gasteiger partial charge in [-0.15, -0.1) is 11.8 Å². The van der Waals surface area contributed by atoms with Gasteiger partial charge in [-0.2, -0.15) is 0 Å². The van der Waals surface area contributed by atoms with E-state index in [4.69, 9.17) is 4.98 Å². The second-order valence-electron chi connectivity index (χ2n) is 7.54. The molecule has 0 atom stereocenters. The lowest BCUT2D eigenvalue weighted by Crippen LogP contribution is -2.30. The maximum Gasteiger partial charge on any atom is 0.251 e. The molecule has 1 saturated carbocycles. The van der Waals surface area contributed by atoms with Gasteiger partial charge in [-0.25, -0.2) is 4.98 Å². The van der Waals surface area contributed by atoms with Crippen LogP contribution in [-0.2, 0) is 5.75 Å². The fourth-order valence-corrected chi connectivity index (χ4v) is 4.60. The minimum Gasteiger partial charge on any atom is -0.352 e. The number of carbonyl (C=O) groups excluding carboxylic acids is 1. The molecule has 1 N–H and O–H groups in total. The normalized spacial score (nSPS) is 14.9. The summed E-state index contributed by atoms with van der Waals surface area (Å²) in [4.78, 5) is 17.1. The van der Waals surface area contributed by atoms with Gasteiger partial charge in [-0.05, 0) is 48.6 Å².